The van der Waals surface area contributed by atoms with Gasteiger partial charge >= 0.3 is 0 Å². The molecule has 0 aliphatic heterocycles. The third-order valence-corrected chi connectivity index (χ3v) is 4.35. The normalized spacial score (nSPS) is 12.0. The number of hydrogen-bond acceptors (Lipinski definition) is 6. The average Bonchev–Trinajstić information content (AvgIpc) is 2.54. The van der Waals surface area contributed by atoms with Gasteiger partial charge in [-0.3, -0.25) is 0 Å². The van der Waals surface area contributed by atoms with Crippen LogP contribution in [0.25, 0.3) is 11.4 Å². The topological polar surface area (TPSA) is 108 Å². The fourth-order valence-electron chi connectivity index (χ4n) is 1.95. The summed E-state index contributed by atoms with van der Waals surface area (Å²) in [7, 11) is -1.22. The lowest BCUT2D eigenvalue weighted by Crippen LogP contribution is -2.04. The largest absolute Gasteiger partial charge is 0.368 e. The van der Waals surface area contributed by atoms with Crippen LogP contribution in [0.4, 0.5) is 11.9 Å². The maximum absolute atomic E-state index is 12.4. The SMILES string of the molecule is Nc1nc(N)nc(-c2ccc(S(=O)c3ccccc3)cc2)n1. The van der Waals surface area contributed by atoms with Gasteiger partial charge in [-0.15, -0.1) is 0 Å². The molecular weight excluding hydrogens is 298 g/mol. The Morgan fingerprint density at radius 3 is 1.86 bits per heavy atom. The predicted octanol–water partition coefficient (Wildman–Crippen LogP) is 1.87. The molecule has 0 aliphatic rings. The van der Waals surface area contributed by atoms with Crippen molar-refractivity contribution >= 4 is 22.7 Å². The van der Waals surface area contributed by atoms with Crippen LogP contribution in [-0.2, 0) is 10.8 Å². The Kier molecular flexibility index (Phi) is 3.80. The van der Waals surface area contributed by atoms with E-state index in [0.29, 0.717) is 10.7 Å². The van der Waals surface area contributed by atoms with E-state index in [2.05, 4.69) is 15.0 Å². The highest BCUT2D eigenvalue weighted by molar-refractivity contribution is 7.85. The Morgan fingerprint density at radius 1 is 0.727 bits per heavy atom. The highest BCUT2D eigenvalue weighted by Crippen LogP contribution is 2.21. The second-order valence-electron chi connectivity index (χ2n) is 4.48. The summed E-state index contributed by atoms with van der Waals surface area (Å²) in [5, 5.41) is 0. The number of anilines is 2. The molecule has 110 valence electrons. The molecule has 2 aromatic carbocycles. The Morgan fingerprint density at radius 2 is 1.27 bits per heavy atom. The van der Waals surface area contributed by atoms with Gasteiger partial charge in [0.05, 0.1) is 10.8 Å². The van der Waals surface area contributed by atoms with Crippen molar-refractivity contribution in [2.24, 2.45) is 0 Å². The number of nitrogen functional groups attached to an aromatic ring is 2. The van der Waals surface area contributed by atoms with E-state index in [-0.39, 0.29) is 11.9 Å². The fourth-order valence-corrected chi connectivity index (χ4v) is 3.01. The second kappa shape index (κ2) is 5.90. The molecule has 0 saturated heterocycles. The lowest BCUT2D eigenvalue weighted by atomic mass is 10.2. The highest BCUT2D eigenvalue weighted by atomic mass is 32.2. The molecule has 3 aromatic rings. The van der Waals surface area contributed by atoms with E-state index >= 15 is 0 Å². The predicted molar refractivity (Wildman–Crippen MR) is 85.2 cm³/mol. The molecule has 0 spiro atoms. The van der Waals surface area contributed by atoms with Crippen LogP contribution in [0.15, 0.2) is 64.4 Å². The molecule has 0 bridgehead atoms. The lowest BCUT2D eigenvalue weighted by Gasteiger charge is -2.05. The molecule has 6 nitrogen and oxygen atoms in total. The van der Waals surface area contributed by atoms with Crippen LogP contribution in [0.5, 0.6) is 0 Å². The number of nitrogens with zero attached hydrogens (tertiary/aromatic N) is 3. The lowest BCUT2D eigenvalue weighted by molar-refractivity contribution is 0.683. The van der Waals surface area contributed by atoms with E-state index in [4.69, 9.17) is 11.5 Å². The average molecular weight is 311 g/mol. The zero-order valence-electron chi connectivity index (χ0n) is 11.5. The standard InChI is InChI=1S/C15H13N5OS/c16-14-18-13(19-15(17)20-14)10-6-8-12(9-7-10)22(21)11-4-2-1-3-5-11/h1-9H,(H4,16,17,18,19,20). The van der Waals surface area contributed by atoms with Crippen molar-refractivity contribution in [3.63, 3.8) is 0 Å². The van der Waals surface area contributed by atoms with Gasteiger partial charge in [-0.2, -0.15) is 15.0 Å². The quantitative estimate of drug-likeness (QED) is 0.764. The van der Waals surface area contributed by atoms with E-state index in [9.17, 15) is 4.21 Å². The van der Waals surface area contributed by atoms with Gasteiger partial charge < -0.3 is 11.5 Å². The van der Waals surface area contributed by atoms with Crippen LogP contribution < -0.4 is 11.5 Å². The molecule has 0 fully saturated rings. The van der Waals surface area contributed by atoms with Crippen LogP contribution in [0.2, 0.25) is 0 Å². The van der Waals surface area contributed by atoms with Gasteiger partial charge in [-0.1, -0.05) is 18.2 Å². The van der Waals surface area contributed by atoms with E-state index in [1.165, 1.54) is 0 Å². The molecule has 3 rings (SSSR count). The Balaban J connectivity index is 1.91. The van der Waals surface area contributed by atoms with Crippen molar-refractivity contribution in [3.8, 4) is 11.4 Å². The highest BCUT2D eigenvalue weighted by Gasteiger charge is 2.09. The maximum Gasteiger partial charge on any atom is 0.225 e. The molecule has 1 aromatic heterocycles. The van der Waals surface area contributed by atoms with Crippen LogP contribution in [-0.4, -0.2) is 19.2 Å². The minimum absolute atomic E-state index is 0.0689. The van der Waals surface area contributed by atoms with Crippen LogP contribution in [0, 0.1) is 0 Å². The minimum Gasteiger partial charge on any atom is -0.368 e. The molecule has 1 unspecified atom stereocenters. The van der Waals surface area contributed by atoms with Crippen LogP contribution >= 0.6 is 0 Å². The summed E-state index contributed by atoms with van der Waals surface area (Å²) in [5.74, 6) is 0.529. The second-order valence-corrected chi connectivity index (χ2v) is 5.96. The Labute approximate surface area is 129 Å². The molecule has 22 heavy (non-hydrogen) atoms. The first-order chi connectivity index (χ1) is 10.6. The molecule has 0 radical (unpaired) electrons. The van der Waals surface area contributed by atoms with Crippen LogP contribution in [0.1, 0.15) is 0 Å². The van der Waals surface area contributed by atoms with Gasteiger partial charge in [-0.25, -0.2) is 4.21 Å². The molecule has 1 heterocycles. The van der Waals surface area contributed by atoms with Gasteiger partial charge in [-0.05, 0) is 36.4 Å². The number of hydrogen-bond donors (Lipinski definition) is 2. The smallest absolute Gasteiger partial charge is 0.225 e. The fraction of sp³-hybridized carbons (Fsp3) is 0. The first-order valence-corrected chi connectivity index (χ1v) is 7.63. The summed E-state index contributed by atoms with van der Waals surface area (Å²) in [6, 6.07) is 16.4. The van der Waals surface area contributed by atoms with E-state index < -0.39 is 10.8 Å². The molecule has 0 amide bonds. The minimum atomic E-state index is -1.22. The Hall–Kier alpha value is -2.80. The van der Waals surface area contributed by atoms with E-state index in [1.807, 2.05) is 30.3 Å². The molecule has 0 aliphatic carbocycles. The summed E-state index contributed by atoms with van der Waals surface area (Å²) in [4.78, 5) is 13.3. The molecular formula is C15H13N5OS. The van der Waals surface area contributed by atoms with Gasteiger partial charge in [0, 0.05) is 15.4 Å². The van der Waals surface area contributed by atoms with Crippen molar-refractivity contribution < 1.29 is 4.21 Å². The van der Waals surface area contributed by atoms with E-state index in [0.717, 1.165) is 10.5 Å². The van der Waals surface area contributed by atoms with Crippen LogP contribution in [0.3, 0.4) is 0 Å². The first kappa shape index (κ1) is 14.2. The summed E-state index contributed by atoms with van der Waals surface area (Å²) in [6.07, 6.45) is 0. The van der Waals surface area contributed by atoms with Gasteiger partial charge in [0.1, 0.15) is 0 Å². The van der Waals surface area contributed by atoms with E-state index in [1.54, 1.807) is 24.3 Å². The summed E-state index contributed by atoms with van der Waals surface area (Å²) in [6.45, 7) is 0. The zero-order valence-corrected chi connectivity index (χ0v) is 12.3. The van der Waals surface area contributed by atoms with Crippen molar-refractivity contribution in [2.45, 2.75) is 9.79 Å². The molecule has 4 N–H and O–H groups in total. The summed E-state index contributed by atoms with van der Waals surface area (Å²) < 4.78 is 12.4. The monoisotopic (exact) mass is 311 g/mol. The summed E-state index contributed by atoms with van der Waals surface area (Å²) >= 11 is 0. The molecule has 0 saturated carbocycles. The van der Waals surface area contributed by atoms with Crippen molar-refractivity contribution in [1.82, 2.24) is 15.0 Å². The number of aromatic nitrogens is 3. The summed E-state index contributed by atoms with van der Waals surface area (Å²) in [5.41, 5.74) is 11.9. The van der Waals surface area contributed by atoms with Crippen molar-refractivity contribution in [2.75, 3.05) is 11.5 Å². The number of rotatable bonds is 3. The third-order valence-electron chi connectivity index (χ3n) is 2.95. The van der Waals surface area contributed by atoms with Gasteiger partial charge in [0.15, 0.2) is 5.82 Å². The van der Waals surface area contributed by atoms with Crippen molar-refractivity contribution in [1.29, 1.82) is 0 Å². The Bertz CT molecular complexity index is 801. The maximum atomic E-state index is 12.4. The van der Waals surface area contributed by atoms with Gasteiger partial charge in [0.25, 0.3) is 0 Å². The molecule has 1 atom stereocenters. The van der Waals surface area contributed by atoms with Gasteiger partial charge in [0.2, 0.25) is 11.9 Å². The number of benzene rings is 2. The first-order valence-electron chi connectivity index (χ1n) is 6.48. The van der Waals surface area contributed by atoms with Crippen molar-refractivity contribution in [3.05, 3.63) is 54.6 Å². The third kappa shape index (κ3) is 2.94. The molecule has 7 heteroatoms. The number of nitrogens with two attached hydrogens (primary N) is 2. The zero-order chi connectivity index (χ0) is 15.5.